The maximum atomic E-state index is 12.0. The van der Waals surface area contributed by atoms with Crippen molar-refractivity contribution in [2.24, 2.45) is 0 Å². The van der Waals surface area contributed by atoms with E-state index < -0.39 is 0 Å². The number of amides is 2. The third-order valence-electron chi connectivity index (χ3n) is 3.64. The fourth-order valence-electron chi connectivity index (χ4n) is 2.38. The molecule has 3 rings (SSSR count). The Labute approximate surface area is 133 Å². The van der Waals surface area contributed by atoms with Gasteiger partial charge in [0.1, 0.15) is 10.8 Å². The van der Waals surface area contributed by atoms with E-state index >= 15 is 0 Å². The molecule has 2 aromatic rings. The van der Waals surface area contributed by atoms with Crippen molar-refractivity contribution in [1.82, 2.24) is 10.3 Å². The van der Waals surface area contributed by atoms with Crippen LogP contribution in [0.1, 0.15) is 27.6 Å². The van der Waals surface area contributed by atoms with E-state index in [-0.39, 0.29) is 6.03 Å². The van der Waals surface area contributed by atoms with Crippen molar-refractivity contribution in [2.45, 2.75) is 33.2 Å². The summed E-state index contributed by atoms with van der Waals surface area (Å²) in [5.74, 6) is 0.922. The quantitative estimate of drug-likeness (QED) is 0.912. The smallest absolute Gasteiger partial charge is 0.319 e. The van der Waals surface area contributed by atoms with Crippen LogP contribution in [0.15, 0.2) is 18.2 Å². The molecule has 2 amide bonds. The zero-order valence-corrected chi connectivity index (χ0v) is 13.5. The highest BCUT2D eigenvalue weighted by Crippen LogP contribution is 2.27. The van der Waals surface area contributed by atoms with Crippen LogP contribution in [-0.2, 0) is 13.0 Å². The second-order valence-electron chi connectivity index (χ2n) is 5.33. The number of carbonyl (C=O) groups excluding carboxylic acids is 1. The minimum absolute atomic E-state index is 0.220. The second-order valence-corrected chi connectivity index (χ2v) is 6.62. The first-order valence-corrected chi connectivity index (χ1v) is 8.17. The number of aryl methyl sites for hydroxylation is 3. The summed E-state index contributed by atoms with van der Waals surface area (Å²) >= 11 is 1.61. The Balaban J connectivity index is 1.57. The molecule has 2 heterocycles. The summed E-state index contributed by atoms with van der Waals surface area (Å²) in [4.78, 5) is 17.6. The first-order valence-electron chi connectivity index (χ1n) is 7.35. The van der Waals surface area contributed by atoms with E-state index in [2.05, 4.69) is 15.6 Å². The van der Waals surface area contributed by atoms with Gasteiger partial charge in [0.15, 0.2) is 0 Å². The molecule has 1 aromatic heterocycles. The average Bonchev–Trinajstić information content (AvgIpc) is 2.84. The minimum Gasteiger partial charge on any atom is -0.493 e. The molecule has 0 radical (unpaired) electrons. The lowest BCUT2D eigenvalue weighted by molar-refractivity contribution is 0.251. The third kappa shape index (κ3) is 3.39. The van der Waals surface area contributed by atoms with Crippen LogP contribution < -0.4 is 15.4 Å². The third-order valence-corrected chi connectivity index (χ3v) is 4.71. The highest BCUT2D eigenvalue weighted by molar-refractivity contribution is 7.11. The van der Waals surface area contributed by atoms with Gasteiger partial charge in [-0.1, -0.05) is 0 Å². The number of fused-ring (bicyclic) bond motifs is 1. The summed E-state index contributed by atoms with van der Waals surface area (Å²) in [5, 5.41) is 6.61. The average molecular weight is 317 g/mol. The van der Waals surface area contributed by atoms with Gasteiger partial charge in [0.25, 0.3) is 0 Å². The predicted octanol–water partition coefficient (Wildman–Crippen LogP) is 3.41. The van der Waals surface area contributed by atoms with Crippen LogP contribution in [0.25, 0.3) is 0 Å². The molecule has 0 saturated carbocycles. The van der Waals surface area contributed by atoms with Crippen LogP contribution in [0, 0.1) is 13.8 Å². The predicted molar refractivity (Wildman–Crippen MR) is 87.7 cm³/mol. The number of ether oxygens (including phenoxy) is 1. The summed E-state index contributed by atoms with van der Waals surface area (Å²) in [6.45, 7) is 5.22. The Morgan fingerprint density at radius 1 is 1.41 bits per heavy atom. The molecule has 1 aliphatic rings. The largest absolute Gasteiger partial charge is 0.493 e. The van der Waals surface area contributed by atoms with E-state index in [4.69, 9.17) is 4.74 Å². The molecule has 116 valence electrons. The van der Waals surface area contributed by atoms with E-state index in [1.54, 1.807) is 11.3 Å². The van der Waals surface area contributed by atoms with E-state index in [0.29, 0.717) is 6.54 Å². The van der Waals surface area contributed by atoms with E-state index in [0.717, 1.165) is 47.2 Å². The topological polar surface area (TPSA) is 63.2 Å². The van der Waals surface area contributed by atoms with Gasteiger partial charge in [-0.05, 0) is 50.5 Å². The zero-order chi connectivity index (χ0) is 15.5. The molecule has 2 N–H and O–H groups in total. The summed E-state index contributed by atoms with van der Waals surface area (Å²) in [7, 11) is 0. The molecule has 0 saturated heterocycles. The van der Waals surface area contributed by atoms with E-state index in [1.165, 1.54) is 4.88 Å². The summed E-state index contributed by atoms with van der Waals surface area (Å²) < 4.78 is 5.57. The molecule has 5 nitrogen and oxygen atoms in total. The van der Waals surface area contributed by atoms with Gasteiger partial charge in [0, 0.05) is 10.6 Å². The molecule has 1 aromatic carbocycles. The minimum atomic E-state index is -0.220. The molecule has 6 heteroatoms. The fraction of sp³-hybridized carbons (Fsp3) is 0.375. The monoisotopic (exact) mass is 317 g/mol. The number of aromatic nitrogens is 1. The zero-order valence-electron chi connectivity index (χ0n) is 12.7. The van der Waals surface area contributed by atoms with Crippen molar-refractivity contribution >= 4 is 23.1 Å². The molecule has 0 unspecified atom stereocenters. The van der Waals surface area contributed by atoms with Crippen molar-refractivity contribution < 1.29 is 9.53 Å². The number of thiazole rings is 1. The summed E-state index contributed by atoms with van der Waals surface area (Å²) in [5.41, 5.74) is 2.96. The van der Waals surface area contributed by atoms with Gasteiger partial charge in [0.2, 0.25) is 0 Å². The maximum absolute atomic E-state index is 12.0. The van der Waals surface area contributed by atoms with E-state index in [9.17, 15) is 4.79 Å². The number of carbonyl (C=O) groups is 1. The lowest BCUT2D eigenvalue weighted by atomic mass is 10.1. The Bertz CT molecular complexity index is 677. The van der Waals surface area contributed by atoms with Crippen LogP contribution in [0.4, 0.5) is 10.5 Å². The number of urea groups is 1. The van der Waals surface area contributed by atoms with Crippen molar-refractivity contribution in [2.75, 3.05) is 11.9 Å². The second kappa shape index (κ2) is 6.36. The number of hydrogen-bond donors (Lipinski definition) is 2. The molecule has 0 aliphatic carbocycles. The van der Waals surface area contributed by atoms with Crippen LogP contribution in [0.5, 0.6) is 5.75 Å². The number of nitrogens with zero attached hydrogens (tertiary/aromatic N) is 1. The van der Waals surface area contributed by atoms with Crippen LogP contribution in [0.3, 0.4) is 0 Å². The fourth-order valence-corrected chi connectivity index (χ4v) is 3.26. The lowest BCUT2D eigenvalue weighted by Crippen LogP contribution is -2.28. The number of hydrogen-bond acceptors (Lipinski definition) is 4. The molecular formula is C16H19N3O2S. The van der Waals surface area contributed by atoms with Gasteiger partial charge in [-0.2, -0.15) is 0 Å². The Kier molecular flexibility index (Phi) is 4.29. The van der Waals surface area contributed by atoms with Crippen LogP contribution >= 0.6 is 11.3 Å². The first-order chi connectivity index (χ1) is 10.6. The summed E-state index contributed by atoms with van der Waals surface area (Å²) in [6.07, 6.45) is 2.01. The molecular weight excluding hydrogens is 298 g/mol. The van der Waals surface area contributed by atoms with Gasteiger partial charge in [0.05, 0.1) is 18.8 Å². The Morgan fingerprint density at radius 3 is 3.05 bits per heavy atom. The maximum Gasteiger partial charge on any atom is 0.319 e. The van der Waals surface area contributed by atoms with Gasteiger partial charge >= 0.3 is 6.03 Å². The summed E-state index contributed by atoms with van der Waals surface area (Å²) in [6, 6.07) is 5.53. The number of benzene rings is 1. The van der Waals surface area contributed by atoms with Crippen LogP contribution in [0.2, 0.25) is 0 Å². The van der Waals surface area contributed by atoms with Crippen LogP contribution in [-0.4, -0.2) is 17.6 Å². The first kappa shape index (κ1) is 14.8. The molecule has 0 atom stereocenters. The Hall–Kier alpha value is -2.08. The molecule has 0 fully saturated rings. The highest BCUT2D eigenvalue weighted by Gasteiger charge is 2.12. The lowest BCUT2D eigenvalue weighted by Gasteiger charge is -2.18. The van der Waals surface area contributed by atoms with Crippen molar-refractivity contribution in [3.8, 4) is 5.75 Å². The number of nitrogens with one attached hydrogen (secondary N) is 2. The van der Waals surface area contributed by atoms with Gasteiger partial charge in [-0.3, -0.25) is 0 Å². The molecule has 1 aliphatic heterocycles. The number of rotatable bonds is 3. The SMILES string of the molecule is Cc1nc(CNC(=O)Nc2ccc3c(c2)CCCO3)sc1C. The normalized spacial score (nSPS) is 13.2. The standard InChI is InChI=1S/C16H19N3O2S/c1-10-11(2)22-15(18-10)9-17-16(20)19-13-5-6-14-12(8-13)4-3-7-21-14/h5-6,8H,3-4,7,9H2,1-2H3,(H2,17,19,20). The molecule has 0 bridgehead atoms. The molecule has 0 spiro atoms. The number of anilines is 1. The molecule has 22 heavy (non-hydrogen) atoms. The van der Waals surface area contributed by atoms with E-state index in [1.807, 2.05) is 32.0 Å². The van der Waals surface area contributed by atoms with Crippen molar-refractivity contribution in [1.29, 1.82) is 0 Å². The highest BCUT2D eigenvalue weighted by atomic mass is 32.1. The van der Waals surface area contributed by atoms with Crippen molar-refractivity contribution in [3.63, 3.8) is 0 Å². The van der Waals surface area contributed by atoms with Gasteiger partial charge < -0.3 is 15.4 Å². The Morgan fingerprint density at radius 2 is 2.27 bits per heavy atom. The van der Waals surface area contributed by atoms with Gasteiger partial charge in [-0.25, -0.2) is 9.78 Å². The van der Waals surface area contributed by atoms with Crippen molar-refractivity contribution in [3.05, 3.63) is 39.3 Å². The van der Waals surface area contributed by atoms with Gasteiger partial charge in [-0.15, -0.1) is 11.3 Å².